The van der Waals surface area contributed by atoms with Crippen molar-refractivity contribution in [1.29, 1.82) is 0 Å². The van der Waals surface area contributed by atoms with E-state index in [0.717, 1.165) is 0 Å². The van der Waals surface area contributed by atoms with Crippen LogP contribution < -0.4 is 5.11 Å². The standard InChI is InChI=1S/C17H7F25O2/c1-4(5(43)44)2-3-6(18,19)7(20,21)8(22,23)9(24,25)10(26,27)11(28,29)12(30,31)13(32,33)14(34,35)15(36,37)16(38,39)17(40,41)42/h1-3H2,(H,43,44)/p-1. The average molecular weight is 717 g/mol. The van der Waals surface area contributed by atoms with E-state index in [2.05, 4.69) is 6.58 Å². The van der Waals surface area contributed by atoms with Crippen LogP contribution in [0.2, 0.25) is 0 Å². The first-order valence-electron chi connectivity index (χ1n) is 9.69. The average Bonchev–Trinajstić information content (AvgIpc) is 2.80. The largest absolute Gasteiger partial charge is 0.545 e. The van der Waals surface area contributed by atoms with Gasteiger partial charge in [0.2, 0.25) is 0 Å². The highest BCUT2D eigenvalue weighted by atomic mass is 19.4. The molecule has 0 aromatic carbocycles. The molecule has 0 amide bonds. The lowest BCUT2D eigenvalue weighted by Gasteiger charge is -2.45. The highest BCUT2D eigenvalue weighted by Gasteiger charge is 2.99. The van der Waals surface area contributed by atoms with Crippen molar-refractivity contribution in [3.8, 4) is 0 Å². The van der Waals surface area contributed by atoms with E-state index in [-0.39, 0.29) is 0 Å². The molecule has 0 heterocycles. The van der Waals surface area contributed by atoms with Gasteiger partial charge >= 0.3 is 71.3 Å². The summed E-state index contributed by atoms with van der Waals surface area (Å²) in [5, 5.41) is 10.3. The van der Waals surface area contributed by atoms with Gasteiger partial charge in [-0.05, 0) is 12.0 Å². The van der Waals surface area contributed by atoms with Crippen molar-refractivity contribution < 1.29 is 120 Å². The second-order valence-electron chi connectivity index (χ2n) is 8.34. The fourth-order valence-corrected chi connectivity index (χ4v) is 2.55. The van der Waals surface area contributed by atoms with Crippen molar-refractivity contribution in [1.82, 2.24) is 0 Å². The van der Waals surface area contributed by atoms with Crippen molar-refractivity contribution in [2.45, 2.75) is 84.2 Å². The Morgan fingerprint density at radius 1 is 0.409 bits per heavy atom. The Balaban J connectivity index is 7.22. The summed E-state index contributed by atoms with van der Waals surface area (Å²) in [4.78, 5) is 10.3. The number of carbonyl (C=O) groups excluding carboxylic acids is 1. The maximum atomic E-state index is 13.7. The number of carboxylic acids is 1. The molecule has 44 heavy (non-hydrogen) atoms. The van der Waals surface area contributed by atoms with Crippen molar-refractivity contribution in [2.75, 3.05) is 0 Å². The molecule has 0 saturated carbocycles. The van der Waals surface area contributed by atoms with Gasteiger partial charge in [0.25, 0.3) is 0 Å². The van der Waals surface area contributed by atoms with E-state index in [1.807, 2.05) is 0 Å². The molecule has 27 heteroatoms. The number of hydrogen-bond donors (Lipinski definition) is 0. The molecule has 262 valence electrons. The molecular formula is C17H6F25O2-. The third kappa shape index (κ3) is 5.15. The second kappa shape index (κ2) is 10.5. The fourth-order valence-electron chi connectivity index (χ4n) is 2.55. The summed E-state index contributed by atoms with van der Waals surface area (Å²) in [5.41, 5.74) is -1.76. The Morgan fingerprint density at radius 3 is 0.818 bits per heavy atom. The first kappa shape index (κ1) is 41.5. The molecule has 0 rings (SSSR count). The van der Waals surface area contributed by atoms with Crippen LogP contribution in [0.4, 0.5) is 110 Å². The number of rotatable bonds is 14. The summed E-state index contributed by atoms with van der Waals surface area (Å²) in [7, 11) is 0. The van der Waals surface area contributed by atoms with Gasteiger partial charge in [0.05, 0.1) is 5.97 Å². The van der Waals surface area contributed by atoms with Crippen LogP contribution in [0.5, 0.6) is 0 Å². The third-order valence-corrected chi connectivity index (χ3v) is 5.39. The molecule has 0 radical (unpaired) electrons. The van der Waals surface area contributed by atoms with Crippen LogP contribution in [0.15, 0.2) is 12.2 Å². The van der Waals surface area contributed by atoms with Crippen molar-refractivity contribution >= 4 is 5.97 Å². The van der Waals surface area contributed by atoms with Gasteiger partial charge in [0.15, 0.2) is 0 Å². The summed E-state index contributed by atoms with van der Waals surface area (Å²) in [5.74, 6) is -102. The normalized spacial score (nSPS) is 16.3. The number of carbonyl (C=O) groups is 1. The fraction of sp³-hybridized carbons (Fsp3) is 0.824. The van der Waals surface area contributed by atoms with Crippen LogP contribution in [-0.4, -0.2) is 77.3 Å². The van der Waals surface area contributed by atoms with Gasteiger partial charge in [0, 0.05) is 6.42 Å². The molecule has 0 aromatic rings. The summed E-state index contributed by atoms with van der Waals surface area (Å²) in [6.45, 7) is 2.26. The Kier molecular flexibility index (Phi) is 9.89. The molecular weight excluding hydrogens is 711 g/mol. The highest BCUT2D eigenvalue weighted by molar-refractivity contribution is 5.83. The van der Waals surface area contributed by atoms with Crippen molar-refractivity contribution in [3.05, 3.63) is 12.2 Å². The van der Waals surface area contributed by atoms with Gasteiger partial charge in [-0.2, -0.15) is 110 Å². The minimum atomic E-state index is -9.65. The van der Waals surface area contributed by atoms with Crippen molar-refractivity contribution in [2.24, 2.45) is 0 Å². The molecule has 0 fully saturated rings. The van der Waals surface area contributed by atoms with Crippen LogP contribution >= 0.6 is 0 Å². The van der Waals surface area contributed by atoms with Gasteiger partial charge in [-0.25, -0.2) is 0 Å². The van der Waals surface area contributed by atoms with E-state index in [1.54, 1.807) is 0 Å². The zero-order chi connectivity index (χ0) is 36.6. The minimum Gasteiger partial charge on any atom is -0.545 e. The molecule has 0 aromatic heterocycles. The molecule has 0 spiro atoms. The topological polar surface area (TPSA) is 40.1 Å². The number of alkyl halides is 25. The van der Waals surface area contributed by atoms with Gasteiger partial charge in [-0.15, -0.1) is 0 Å². The predicted molar refractivity (Wildman–Crippen MR) is 83.9 cm³/mol. The van der Waals surface area contributed by atoms with Gasteiger partial charge < -0.3 is 9.90 Å². The van der Waals surface area contributed by atoms with E-state index in [9.17, 15) is 120 Å². The van der Waals surface area contributed by atoms with E-state index in [1.165, 1.54) is 0 Å². The molecule has 0 aliphatic carbocycles. The van der Waals surface area contributed by atoms with Crippen molar-refractivity contribution in [3.63, 3.8) is 0 Å². The molecule has 2 nitrogen and oxygen atoms in total. The first-order valence-corrected chi connectivity index (χ1v) is 9.69. The maximum Gasteiger partial charge on any atom is 0.460 e. The number of halogens is 25. The smallest absolute Gasteiger partial charge is 0.460 e. The highest BCUT2D eigenvalue weighted by Crippen LogP contribution is 2.67. The lowest BCUT2D eigenvalue weighted by atomic mass is 9.84. The minimum absolute atomic E-state index is 1.76. The Labute approximate surface area is 223 Å². The first-order chi connectivity index (χ1) is 18.6. The lowest BCUT2D eigenvalue weighted by Crippen LogP contribution is -2.78. The Morgan fingerprint density at radius 2 is 0.614 bits per heavy atom. The van der Waals surface area contributed by atoms with Gasteiger partial charge in [-0.3, -0.25) is 0 Å². The molecule has 0 N–H and O–H groups in total. The zero-order valence-electron chi connectivity index (χ0n) is 19.4. The van der Waals surface area contributed by atoms with E-state index < -0.39 is 95.7 Å². The van der Waals surface area contributed by atoms with Crippen LogP contribution in [0.3, 0.4) is 0 Å². The molecule has 0 saturated heterocycles. The zero-order valence-corrected chi connectivity index (χ0v) is 19.4. The lowest BCUT2D eigenvalue weighted by molar-refractivity contribution is -0.482. The molecule has 0 bridgehead atoms. The van der Waals surface area contributed by atoms with E-state index in [0.29, 0.717) is 0 Å². The number of carboxylic acid groups (broad SMARTS) is 1. The summed E-state index contributed by atoms with van der Waals surface area (Å²) >= 11 is 0. The predicted octanol–water partition coefficient (Wildman–Crippen LogP) is 7.62. The van der Waals surface area contributed by atoms with E-state index in [4.69, 9.17) is 0 Å². The Bertz CT molecular complexity index is 1100. The van der Waals surface area contributed by atoms with Crippen LogP contribution in [0, 0.1) is 0 Å². The second-order valence-corrected chi connectivity index (χ2v) is 8.34. The molecule has 0 atom stereocenters. The van der Waals surface area contributed by atoms with Crippen LogP contribution in [-0.2, 0) is 4.79 Å². The maximum absolute atomic E-state index is 13.7. The van der Waals surface area contributed by atoms with Gasteiger partial charge in [0.1, 0.15) is 0 Å². The van der Waals surface area contributed by atoms with Crippen LogP contribution in [0.25, 0.3) is 0 Å². The Hall–Kier alpha value is -2.54. The molecule has 0 aliphatic rings. The van der Waals surface area contributed by atoms with E-state index >= 15 is 0 Å². The third-order valence-electron chi connectivity index (χ3n) is 5.39. The number of hydrogen-bond acceptors (Lipinski definition) is 2. The number of aliphatic carboxylic acids is 1. The monoisotopic (exact) mass is 717 g/mol. The summed E-state index contributed by atoms with van der Waals surface area (Å²) in [6, 6.07) is 0. The summed E-state index contributed by atoms with van der Waals surface area (Å²) < 4.78 is 333. The quantitative estimate of drug-likeness (QED) is 0.137. The van der Waals surface area contributed by atoms with Gasteiger partial charge in [-0.1, -0.05) is 6.58 Å². The van der Waals surface area contributed by atoms with Crippen LogP contribution in [0.1, 0.15) is 12.8 Å². The molecule has 0 unspecified atom stereocenters. The SMILES string of the molecule is C=C(CCC(F)(F)C(F)(F)C(F)(F)C(F)(F)C(F)(F)C(F)(F)C(F)(F)C(F)(F)C(F)(F)C(F)(F)C(F)(F)C(F)(F)F)C(=O)[O-]. The molecule has 0 aliphatic heterocycles. The summed E-state index contributed by atoms with van der Waals surface area (Å²) in [6.07, 6.45) is -13.6.